The van der Waals surface area contributed by atoms with Gasteiger partial charge in [-0.3, -0.25) is 4.57 Å². The molecule has 0 saturated heterocycles. The highest BCUT2D eigenvalue weighted by atomic mass is 32.1. The van der Waals surface area contributed by atoms with E-state index < -0.39 is 0 Å². The molecule has 0 fully saturated rings. The molecule has 0 spiro atoms. The van der Waals surface area contributed by atoms with Crippen molar-refractivity contribution in [3.05, 3.63) is 34.7 Å². The highest BCUT2D eigenvalue weighted by Gasteiger charge is 2.09. The zero-order valence-electron chi connectivity index (χ0n) is 10.1. The van der Waals surface area contributed by atoms with Crippen LogP contribution in [0.4, 0.5) is 0 Å². The summed E-state index contributed by atoms with van der Waals surface area (Å²) >= 11 is 5.32. The molecule has 3 rings (SSSR count). The van der Waals surface area contributed by atoms with Crippen molar-refractivity contribution in [2.45, 2.75) is 13.5 Å². The van der Waals surface area contributed by atoms with Crippen LogP contribution < -0.4 is 0 Å². The zero-order chi connectivity index (χ0) is 12.7. The first kappa shape index (κ1) is 11.1. The summed E-state index contributed by atoms with van der Waals surface area (Å²) in [4.78, 5) is 7.58. The van der Waals surface area contributed by atoms with E-state index in [-0.39, 0.29) is 0 Å². The van der Waals surface area contributed by atoms with Crippen LogP contribution in [-0.4, -0.2) is 29.3 Å². The first-order chi connectivity index (χ1) is 8.65. The number of pyridine rings is 1. The largest absolute Gasteiger partial charge is 0.329 e. The van der Waals surface area contributed by atoms with E-state index in [0.717, 1.165) is 22.6 Å². The maximum absolute atomic E-state index is 5.32. The molecule has 0 saturated carbocycles. The van der Waals surface area contributed by atoms with Gasteiger partial charge in [0.25, 0.3) is 0 Å². The Bertz CT molecular complexity index is 765. The molecular formula is C11H12N6S. The summed E-state index contributed by atoms with van der Waals surface area (Å²) in [6, 6.07) is 2.03. The van der Waals surface area contributed by atoms with Gasteiger partial charge in [-0.15, -0.1) is 10.2 Å². The van der Waals surface area contributed by atoms with Crippen molar-refractivity contribution in [1.29, 1.82) is 0 Å². The third-order valence-electron chi connectivity index (χ3n) is 2.85. The van der Waals surface area contributed by atoms with E-state index in [2.05, 4.69) is 20.2 Å². The van der Waals surface area contributed by atoms with E-state index in [4.69, 9.17) is 12.2 Å². The third-order valence-corrected chi connectivity index (χ3v) is 3.17. The lowest BCUT2D eigenvalue weighted by molar-refractivity contribution is 0.700. The van der Waals surface area contributed by atoms with E-state index in [1.807, 2.05) is 35.4 Å². The van der Waals surface area contributed by atoms with Crippen molar-refractivity contribution in [1.82, 2.24) is 29.3 Å². The molecule has 7 heteroatoms. The van der Waals surface area contributed by atoms with Crippen LogP contribution in [0.1, 0.15) is 11.4 Å². The van der Waals surface area contributed by atoms with Crippen molar-refractivity contribution < 1.29 is 0 Å². The fourth-order valence-electron chi connectivity index (χ4n) is 1.89. The maximum atomic E-state index is 5.32. The Balaban J connectivity index is 2.15. The standard InChI is InChI=1S/C11H12N6S/c1-7-3-8-10(12-4-7)17(11(18)14-8)5-9-15-13-6-16(9)2/h3-4,6H,5H2,1-2H3,(H,14,18). The van der Waals surface area contributed by atoms with E-state index in [1.165, 1.54) is 0 Å². The molecule has 92 valence electrons. The summed E-state index contributed by atoms with van der Waals surface area (Å²) in [5.41, 5.74) is 2.89. The lowest BCUT2D eigenvalue weighted by Crippen LogP contribution is -2.06. The fraction of sp³-hybridized carbons (Fsp3) is 0.273. The molecule has 0 aliphatic rings. The van der Waals surface area contributed by atoms with Gasteiger partial charge in [-0.05, 0) is 30.8 Å². The summed E-state index contributed by atoms with van der Waals surface area (Å²) in [5, 5.41) is 7.92. The number of imidazole rings is 1. The Labute approximate surface area is 108 Å². The first-order valence-corrected chi connectivity index (χ1v) is 5.94. The first-order valence-electron chi connectivity index (χ1n) is 5.53. The topological polar surface area (TPSA) is 64.3 Å². The molecule has 0 atom stereocenters. The van der Waals surface area contributed by atoms with Gasteiger partial charge in [-0.25, -0.2) is 4.98 Å². The predicted octanol–water partition coefficient (Wildman–Crippen LogP) is 1.58. The van der Waals surface area contributed by atoms with Gasteiger partial charge >= 0.3 is 0 Å². The molecule has 3 aromatic rings. The second kappa shape index (κ2) is 4.02. The highest BCUT2D eigenvalue weighted by Crippen LogP contribution is 2.14. The van der Waals surface area contributed by atoms with Gasteiger partial charge < -0.3 is 9.55 Å². The average Bonchev–Trinajstić information content (AvgIpc) is 2.85. The molecule has 18 heavy (non-hydrogen) atoms. The number of aromatic amines is 1. The number of nitrogens with zero attached hydrogens (tertiary/aromatic N) is 5. The summed E-state index contributed by atoms with van der Waals surface area (Å²) in [6.07, 6.45) is 3.50. The van der Waals surface area contributed by atoms with Gasteiger partial charge in [-0.1, -0.05) is 0 Å². The molecule has 3 heterocycles. The Kier molecular flexibility index (Phi) is 2.48. The van der Waals surface area contributed by atoms with Crippen LogP contribution in [0.25, 0.3) is 11.2 Å². The van der Waals surface area contributed by atoms with Crippen molar-refractivity contribution >= 4 is 23.4 Å². The van der Waals surface area contributed by atoms with Crippen molar-refractivity contribution in [2.24, 2.45) is 7.05 Å². The number of aryl methyl sites for hydroxylation is 2. The van der Waals surface area contributed by atoms with E-state index in [1.54, 1.807) is 6.33 Å². The number of fused-ring (bicyclic) bond motifs is 1. The Morgan fingerprint density at radius 2 is 2.28 bits per heavy atom. The summed E-state index contributed by atoms with van der Waals surface area (Å²) < 4.78 is 4.44. The Morgan fingerprint density at radius 3 is 3.00 bits per heavy atom. The maximum Gasteiger partial charge on any atom is 0.179 e. The van der Waals surface area contributed by atoms with Crippen LogP contribution in [-0.2, 0) is 13.6 Å². The van der Waals surface area contributed by atoms with Crippen LogP contribution in [0, 0.1) is 11.7 Å². The van der Waals surface area contributed by atoms with E-state index in [0.29, 0.717) is 11.3 Å². The van der Waals surface area contributed by atoms with Crippen LogP contribution >= 0.6 is 12.2 Å². The second-order valence-corrected chi connectivity index (χ2v) is 4.64. The van der Waals surface area contributed by atoms with Crippen LogP contribution in [0.15, 0.2) is 18.6 Å². The highest BCUT2D eigenvalue weighted by molar-refractivity contribution is 7.71. The van der Waals surface area contributed by atoms with Gasteiger partial charge in [0.2, 0.25) is 0 Å². The third kappa shape index (κ3) is 1.72. The minimum atomic E-state index is 0.561. The van der Waals surface area contributed by atoms with Crippen molar-refractivity contribution in [3.8, 4) is 0 Å². The molecule has 6 nitrogen and oxygen atoms in total. The summed E-state index contributed by atoms with van der Waals surface area (Å²) in [7, 11) is 1.91. The van der Waals surface area contributed by atoms with E-state index >= 15 is 0 Å². The zero-order valence-corrected chi connectivity index (χ0v) is 10.9. The fourth-order valence-corrected chi connectivity index (χ4v) is 2.15. The van der Waals surface area contributed by atoms with Crippen LogP contribution in [0.3, 0.4) is 0 Å². The van der Waals surface area contributed by atoms with Gasteiger partial charge in [-0.2, -0.15) is 0 Å². The number of nitrogens with one attached hydrogen (secondary N) is 1. The monoisotopic (exact) mass is 260 g/mol. The molecule has 1 N–H and O–H groups in total. The molecule has 0 bridgehead atoms. The number of rotatable bonds is 2. The van der Waals surface area contributed by atoms with Crippen LogP contribution in [0.2, 0.25) is 0 Å². The average molecular weight is 260 g/mol. The molecule has 0 aromatic carbocycles. The lowest BCUT2D eigenvalue weighted by atomic mass is 10.3. The SMILES string of the molecule is Cc1cnc2c(c1)[nH]c(=S)n2Cc1nncn1C. The summed E-state index contributed by atoms with van der Waals surface area (Å²) in [5.74, 6) is 0.842. The molecular weight excluding hydrogens is 248 g/mol. The van der Waals surface area contributed by atoms with Crippen LogP contribution in [0.5, 0.6) is 0 Å². The van der Waals surface area contributed by atoms with Gasteiger partial charge in [0.15, 0.2) is 16.2 Å². The van der Waals surface area contributed by atoms with Gasteiger partial charge in [0.05, 0.1) is 12.1 Å². The summed E-state index contributed by atoms with van der Waals surface area (Å²) in [6.45, 7) is 2.56. The quantitative estimate of drug-likeness (QED) is 0.710. The molecule has 0 unspecified atom stereocenters. The molecule has 0 aliphatic heterocycles. The Morgan fingerprint density at radius 1 is 1.44 bits per heavy atom. The minimum Gasteiger partial charge on any atom is -0.329 e. The molecule has 0 radical (unpaired) electrons. The van der Waals surface area contributed by atoms with E-state index in [9.17, 15) is 0 Å². The van der Waals surface area contributed by atoms with Crippen molar-refractivity contribution in [2.75, 3.05) is 0 Å². The predicted molar refractivity (Wildman–Crippen MR) is 69.8 cm³/mol. The minimum absolute atomic E-state index is 0.561. The van der Waals surface area contributed by atoms with Gasteiger partial charge in [0, 0.05) is 13.2 Å². The van der Waals surface area contributed by atoms with Crippen molar-refractivity contribution in [3.63, 3.8) is 0 Å². The Hall–Kier alpha value is -2.02. The lowest BCUT2D eigenvalue weighted by Gasteiger charge is -2.03. The number of hydrogen-bond acceptors (Lipinski definition) is 4. The molecule has 3 aromatic heterocycles. The number of H-pyrrole nitrogens is 1. The number of aromatic nitrogens is 6. The molecule has 0 amide bonds. The van der Waals surface area contributed by atoms with Gasteiger partial charge in [0.1, 0.15) is 6.33 Å². The normalized spacial score (nSPS) is 11.2. The smallest absolute Gasteiger partial charge is 0.179 e. The molecule has 0 aliphatic carbocycles. The second-order valence-electron chi connectivity index (χ2n) is 4.26. The number of hydrogen-bond donors (Lipinski definition) is 1.